The fourth-order valence-electron chi connectivity index (χ4n) is 2.79. The zero-order valence-corrected chi connectivity index (χ0v) is 15.3. The Morgan fingerprint density at radius 3 is 2.35 bits per heavy atom. The first-order chi connectivity index (χ1) is 12.6. The van der Waals surface area contributed by atoms with Gasteiger partial charge in [0.15, 0.2) is 0 Å². The molecule has 2 aromatic carbocycles. The van der Waals surface area contributed by atoms with Crippen LogP contribution in [0.2, 0.25) is 0 Å². The summed E-state index contributed by atoms with van der Waals surface area (Å²) in [6.07, 6.45) is 0.944. The second-order valence-corrected chi connectivity index (χ2v) is 6.59. The lowest BCUT2D eigenvalue weighted by atomic mass is 10.1. The van der Waals surface area contributed by atoms with E-state index in [0.29, 0.717) is 12.2 Å². The molecule has 0 aliphatic heterocycles. The fraction of sp³-hybridized carbons (Fsp3) is 0.238. The maximum absolute atomic E-state index is 12.7. The van der Waals surface area contributed by atoms with Gasteiger partial charge in [-0.05, 0) is 18.2 Å². The molecule has 5 nitrogen and oxygen atoms in total. The molecule has 0 aliphatic rings. The van der Waals surface area contributed by atoms with Crippen LogP contribution in [0.3, 0.4) is 0 Å². The van der Waals surface area contributed by atoms with Crippen molar-refractivity contribution in [3.05, 3.63) is 72.4 Å². The van der Waals surface area contributed by atoms with Crippen molar-refractivity contribution < 1.29 is 9.69 Å². The second kappa shape index (κ2) is 8.45. The van der Waals surface area contributed by atoms with Gasteiger partial charge in [0, 0.05) is 18.5 Å². The van der Waals surface area contributed by atoms with Gasteiger partial charge >= 0.3 is 0 Å². The molecule has 0 bridgehead atoms. The smallest absolute Gasteiger partial charge is 0.270 e. The van der Waals surface area contributed by atoms with Gasteiger partial charge in [0.05, 0.1) is 32.0 Å². The van der Waals surface area contributed by atoms with Crippen LogP contribution in [0, 0.1) is 0 Å². The van der Waals surface area contributed by atoms with E-state index >= 15 is 0 Å². The molecular formula is C21H25N4O+. The van der Waals surface area contributed by atoms with E-state index in [4.69, 9.17) is 0 Å². The van der Waals surface area contributed by atoms with E-state index in [1.807, 2.05) is 66.7 Å². The Labute approximate surface area is 154 Å². The lowest BCUT2D eigenvalue weighted by molar-refractivity contribution is -0.858. The molecule has 0 spiro atoms. The van der Waals surface area contributed by atoms with Crippen LogP contribution in [0.4, 0.5) is 0 Å². The molecule has 0 atom stereocenters. The summed E-state index contributed by atoms with van der Waals surface area (Å²) in [5.74, 6) is -0.0997. The predicted octanol–water partition coefficient (Wildman–Crippen LogP) is 1.80. The number of carbonyl (C=O) groups excluding carboxylic acids is 1. The van der Waals surface area contributed by atoms with Crippen molar-refractivity contribution in [1.82, 2.24) is 15.1 Å². The summed E-state index contributed by atoms with van der Waals surface area (Å²) in [6, 6.07) is 21.5. The molecule has 3 rings (SSSR count). The second-order valence-electron chi connectivity index (χ2n) is 6.59. The van der Waals surface area contributed by atoms with Gasteiger partial charge < -0.3 is 10.2 Å². The zero-order valence-electron chi connectivity index (χ0n) is 15.3. The van der Waals surface area contributed by atoms with E-state index in [1.165, 1.54) is 4.90 Å². The molecule has 1 amide bonds. The highest BCUT2D eigenvalue weighted by atomic mass is 16.2. The number of aromatic nitrogens is 2. The number of hydrogen-bond acceptors (Lipinski definition) is 2. The molecule has 5 heteroatoms. The van der Waals surface area contributed by atoms with E-state index in [2.05, 4.69) is 24.5 Å². The third kappa shape index (κ3) is 4.37. The summed E-state index contributed by atoms with van der Waals surface area (Å²) in [6.45, 7) is 1.68. The summed E-state index contributed by atoms with van der Waals surface area (Å²) in [7, 11) is 4.22. The Balaban J connectivity index is 1.87. The standard InChI is InChI=1S/C21H24N4O/c1-24(2)15-9-14-22-21(26)20-16-19(17-10-5-3-6-11-17)23-25(20)18-12-7-4-8-13-18/h3-8,10-13,16H,9,14-15H2,1-2H3,(H,22,26)/p+1. The van der Waals surface area contributed by atoms with Crippen molar-refractivity contribution in [1.29, 1.82) is 0 Å². The van der Waals surface area contributed by atoms with Crippen LogP contribution < -0.4 is 10.2 Å². The molecule has 0 fully saturated rings. The fourth-order valence-corrected chi connectivity index (χ4v) is 2.79. The van der Waals surface area contributed by atoms with Gasteiger partial charge in [-0.25, -0.2) is 4.68 Å². The van der Waals surface area contributed by atoms with Crippen LogP contribution in [0.15, 0.2) is 66.7 Å². The topological polar surface area (TPSA) is 51.4 Å². The van der Waals surface area contributed by atoms with Crippen LogP contribution in [0.1, 0.15) is 16.9 Å². The van der Waals surface area contributed by atoms with E-state index in [0.717, 1.165) is 29.9 Å². The number of carbonyl (C=O) groups is 1. The van der Waals surface area contributed by atoms with Crippen LogP contribution in [0.5, 0.6) is 0 Å². The lowest BCUT2D eigenvalue weighted by Crippen LogP contribution is -3.05. The first-order valence-electron chi connectivity index (χ1n) is 8.93. The Bertz CT molecular complexity index is 841. The van der Waals surface area contributed by atoms with Crippen LogP contribution in [0.25, 0.3) is 16.9 Å². The molecule has 0 unspecified atom stereocenters. The molecule has 0 radical (unpaired) electrons. The predicted molar refractivity (Wildman–Crippen MR) is 104 cm³/mol. The van der Waals surface area contributed by atoms with Gasteiger partial charge in [0.25, 0.3) is 5.91 Å². The molecule has 2 N–H and O–H groups in total. The van der Waals surface area contributed by atoms with Gasteiger partial charge in [-0.1, -0.05) is 48.5 Å². The number of nitrogens with zero attached hydrogens (tertiary/aromatic N) is 2. The molecule has 26 heavy (non-hydrogen) atoms. The van der Waals surface area contributed by atoms with Crippen LogP contribution >= 0.6 is 0 Å². The monoisotopic (exact) mass is 349 g/mol. The molecule has 0 aliphatic carbocycles. The number of benzene rings is 2. The summed E-state index contributed by atoms with van der Waals surface area (Å²) in [4.78, 5) is 14.1. The third-order valence-electron chi connectivity index (χ3n) is 4.15. The molecule has 0 saturated heterocycles. The Morgan fingerprint density at radius 2 is 1.69 bits per heavy atom. The maximum atomic E-state index is 12.7. The summed E-state index contributed by atoms with van der Waals surface area (Å²) in [5.41, 5.74) is 3.20. The Kier molecular flexibility index (Phi) is 5.81. The zero-order chi connectivity index (χ0) is 18.4. The lowest BCUT2D eigenvalue weighted by Gasteiger charge is -2.09. The number of hydrogen-bond donors (Lipinski definition) is 2. The first kappa shape index (κ1) is 17.9. The van der Waals surface area contributed by atoms with Crippen LogP contribution in [-0.4, -0.2) is 42.9 Å². The first-order valence-corrected chi connectivity index (χ1v) is 8.93. The number of rotatable bonds is 7. The molecular weight excluding hydrogens is 324 g/mol. The summed E-state index contributed by atoms with van der Waals surface area (Å²) in [5, 5.41) is 7.70. The largest absolute Gasteiger partial charge is 0.350 e. The summed E-state index contributed by atoms with van der Waals surface area (Å²) < 4.78 is 1.72. The average molecular weight is 349 g/mol. The highest BCUT2D eigenvalue weighted by Crippen LogP contribution is 2.21. The van der Waals surface area contributed by atoms with Crippen molar-refractivity contribution in [2.24, 2.45) is 0 Å². The number of amides is 1. The third-order valence-corrected chi connectivity index (χ3v) is 4.15. The van der Waals surface area contributed by atoms with Gasteiger partial charge in [-0.3, -0.25) is 4.79 Å². The molecule has 1 aromatic heterocycles. The van der Waals surface area contributed by atoms with Crippen molar-refractivity contribution in [3.63, 3.8) is 0 Å². The maximum Gasteiger partial charge on any atom is 0.270 e. The molecule has 1 heterocycles. The average Bonchev–Trinajstić information content (AvgIpc) is 3.12. The van der Waals surface area contributed by atoms with Crippen LogP contribution in [-0.2, 0) is 0 Å². The van der Waals surface area contributed by atoms with Gasteiger partial charge in [-0.15, -0.1) is 0 Å². The van der Waals surface area contributed by atoms with E-state index in [9.17, 15) is 4.79 Å². The van der Waals surface area contributed by atoms with Gasteiger partial charge in [-0.2, -0.15) is 5.10 Å². The minimum atomic E-state index is -0.0997. The Hall–Kier alpha value is -2.92. The van der Waals surface area contributed by atoms with Crippen molar-refractivity contribution in [3.8, 4) is 16.9 Å². The quantitative estimate of drug-likeness (QED) is 0.639. The van der Waals surface area contributed by atoms with Crippen molar-refractivity contribution in [2.45, 2.75) is 6.42 Å². The molecule has 3 aromatic rings. The molecule has 134 valence electrons. The molecule has 0 saturated carbocycles. The Morgan fingerprint density at radius 1 is 1.04 bits per heavy atom. The van der Waals surface area contributed by atoms with E-state index < -0.39 is 0 Å². The van der Waals surface area contributed by atoms with Crippen molar-refractivity contribution in [2.75, 3.05) is 27.2 Å². The minimum Gasteiger partial charge on any atom is -0.350 e. The summed E-state index contributed by atoms with van der Waals surface area (Å²) >= 11 is 0. The number of quaternary nitrogens is 1. The SMILES string of the molecule is C[NH+](C)CCCNC(=O)c1cc(-c2ccccc2)nn1-c1ccccc1. The highest BCUT2D eigenvalue weighted by molar-refractivity contribution is 5.94. The number of para-hydroxylation sites is 1. The normalized spacial score (nSPS) is 10.9. The van der Waals surface area contributed by atoms with Gasteiger partial charge in [0.1, 0.15) is 5.69 Å². The van der Waals surface area contributed by atoms with E-state index in [-0.39, 0.29) is 5.91 Å². The number of nitrogens with one attached hydrogen (secondary N) is 2. The van der Waals surface area contributed by atoms with Crippen molar-refractivity contribution >= 4 is 5.91 Å². The highest BCUT2D eigenvalue weighted by Gasteiger charge is 2.17. The minimum absolute atomic E-state index is 0.0997. The van der Waals surface area contributed by atoms with E-state index in [1.54, 1.807) is 4.68 Å². The van der Waals surface area contributed by atoms with Gasteiger partial charge in [0.2, 0.25) is 0 Å².